The fourth-order valence-corrected chi connectivity index (χ4v) is 2.51. The molecule has 0 saturated heterocycles. The minimum absolute atomic E-state index is 0.157. The summed E-state index contributed by atoms with van der Waals surface area (Å²) in [5.74, 6) is -0.327. The number of carbonyl (C=O) groups is 2. The van der Waals surface area contributed by atoms with Gasteiger partial charge >= 0.3 is 0 Å². The van der Waals surface area contributed by atoms with Crippen LogP contribution in [0.25, 0.3) is 6.08 Å². The normalized spacial score (nSPS) is 11.0. The quantitative estimate of drug-likeness (QED) is 0.531. The highest BCUT2D eigenvalue weighted by Crippen LogP contribution is 2.18. The first-order valence-corrected chi connectivity index (χ1v) is 9.12. The van der Waals surface area contributed by atoms with Crippen LogP contribution in [0.15, 0.2) is 54.2 Å². The molecule has 0 aliphatic carbocycles. The van der Waals surface area contributed by atoms with Gasteiger partial charge in [-0.3, -0.25) is 9.59 Å². The van der Waals surface area contributed by atoms with E-state index in [1.807, 2.05) is 6.92 Å². The Balaban J connectivity index is 2.27. The van der Waals surface area contributed by atoms with Crippen molar-refractivity contribution < 1.29 is 14.3 Å². The van der Waals surface area contributed by atoms with Crippen molar-refractivity contribution in [2.24, 2.45) is 0 Å². The van der Waals surface area contributed by atoms with Crippen LogP contribution in [0.1, 0.15) is 35.7 Å². The van der Waals surface area contributed by atoms with E-state index in [1.165, 1.54) is 7.11 Å². The molecule has 0 aliphatic rings. The van der Waals surface area contributed by atoms with Gasteiger partial charge in [-0.25, -0.2) is 0 Å². The lowest BCUT2D eigenvalue weighted by Crippen LogP contribution is -2.35. The van der Waals surface area contributed by atoms with Crippen molar-refractivity contribution in [1.29, 1.82) is 0 Å². The van der Waals surface area contributed by atoms with Gasteiger partial charge in [0, 0.05) is 11.6 Å². The second kappa shape index (κ2) is 10.4. The maximum atomic E-state index is 12.7. The number of hydrogen-bond acceptors (Lipinski definition) is 3. The molecule has 6 heteroatoms. The smallest absolute Gasteiger partial charge is 0.267 e. The molecule has 2 aromatic carbocycles. The summed E-state index contributed by atoms with van der Waals surface area (Å²) in [5.41, 5.74) is 1.26. The average Bonchev–Trinajstić information content (AvgIpc) is 2.69. The molecule has 0 bridgehead atoms. The lowest BCUT2D eigenvalue weighted by atomic mass is 10.1. The van der Waals surface area contributed by atoms with Crippen molar-refractivity contribution >= 4 is 29.5 Å². The van der Waals surface area contributed by atoms with Crippen molar-refractivity contribution in [2.75, 3.05) is 13.7 Å². The van der Waals surface area contributed by atoms with Crippen LogP contribution < -0.4 is 15.4 Å². The van der Waals surface area contributed by atoms with E-state index in [-0.39, 0.29) is 11.6 Å². The van der Waals surface area contributed by atoms with Gasteiger partial charge in [-0.1, -0.05) is 49.2 Å². The summed E-state index contributed by atoms with van der Waals surface area (Å²) in [4.78, 5) is 25.2. The van der Waals surface area contributed by atoms with Crippen LogP contribution in [0.2, 0.25) is 5.02 Å². The van der Waals surface area contributed by atoms with Crippen LogP contribution in [-0.2, 0) is 4.79 Å². The molecule has 142 valence electrons. The molecule has 0 fully saturated rings. The monoisotopic (exact) mass is 386 g/mol. The first-order chi connectivity index (χ1) is 13.0. The molecule has 2 rings (SSSR count). The number of hydrogen-bond donors (Lipinski definition) is 2. The number of benzene rings is 2. The van der Waals surface area contributed by atoms with Crippen LogP contribution >= 0.6 is 11.6 Å². The highest BCUT2D eigenvalue weighted by atomic mass is 35.5. The molecular weight excluding hydrogens is 364 g/mol. The highest BCUT2D eigenvalue weighted by molar-refractivity contribution is 6.30. The molecule has 0 spiro atoms. The van der Waals surface area contributed by atoms with E-state index in [1.54, 1.807) is 54.6 Å². The van der Waals surface area contributed by atoms with Gasteiger partial charge in [0.2, 0.25) is 0 Å². The standard InChI is InChI=1S/C21H23ClN2O3/c1-3-4-13-23-21(26)18(14-15-9-11-16(22)12-10-15)24-20(25)17-7-5-6-8-19(17)27-2/h5-12,14H,3-4,13H2,1-2H3,(H,23,26)(H,24,25). The summed E-state index contributed by atoms with van der Waals surface area (Å²) in [7, 11) is 1.49. The Hall–Kier alpha value is -2.79. The third kappa shape index (κ3) is 6.15. The fourth-order valence-electron chi connectivity index (χ4n) is 2.38. The first-order valence-electron chi connectivity index (χ1n) is 8.75. The van der Waals surface area contributed by atoms with Crippen LogP contribution in [0.5, 0.6) is 5.75 Å². The zero-order valence-corrected chi connectivity index (χ0v) is 16.2. The number of unbranched alkanes of at least 4 members (excludes halogenated alkanes) is 1. The third-order valence-electron chi connectivity index (χ3n) is 3.84. The number of amides is 2. The lowest BCUT2D eigenvalue weighted by molar-refractivity contribution is -0.117. The minimum atomic E-state index is -0.418. The van der Waals surface area contributed by atoms with Crippen LogP contribution in [0, 0.1) is 0 Å². The second-order valence-electron chi connectivity index (χ2n) is 5.87. The number of methoxy groups -OCH3 is 1. The third-order valence-corrected chi connectivity index (χ3v) is 4.09. The molecule has 2 amide bonds. The van der Waals surface area contributed by atoms with Crippen LogP contribution in [-0.4, -0.2) is 25.5 Å². The average molecular weight is 387 g/mol. The van der Waals surface area contributed by atoms with Crippen LogP contribution in [0.4, 0.5) is 0 Å². The number of halogens is 1. The molecule has 2 aromatic rings. The maximum Gasteiger partial charge on any atom is 0.267 e. The van der Waals surface area contributed by atoms with Gasteiger partial charge in [0.25, 0.3) is 11.8 Å². The summed E-state index contributed by atoms with van der Waals surface area (Å²) in [6, 6.07) is 13.8. The molecule has 5 nitrogen and oxygen atoms in total. The topological polar surface area (TPSA) is 67.4 Å². The molecule has 0 atom stereocenters. The van der Waals surface area contributed by atoms with E-state index < -0.39 is 5.91 Å². The van der Waals surface area contributed by atoms with Crippen molar-refractivity contribution in [3.63, 3.8) is 0 Å². The second-order valence-corrected chi connectivity index (χ2v) is 6.31. The number of nitrogens with one attached hydrogen (secondary N) is 2. The zero-order valence-electron chi connectivity index (χ0n) is 15.4. The Kier molecular flexibility index (Phi) is 7.89. The Morgan fingerprint density at radius 3 is 2.48 bits per heavy atom. The number of carbonyl (C=O) groups excluding carboxylic acids is 2. The van der Waals surface area contributed by atoms with E-state index in [9.17, 15) is 9.59 Å². The molecular formula is C21H23ClN2O3. The van der Waals surface area contributed by atoms with Gasteiger partial charge < -0.3 is 15.4 Å². The number of rotatable bonds is 8. The van der Waals surface area contributed by atoms with Gasteiger partial charge in [0.05, 0.1) is 12.7 Å². The van der Waals surface area contributed by atoms with Crippen molar-refractivity contribution in [1.82, 2.24) is 10.6 Å². The summed E-state index contributed by atoms with van der Waals surface area (Å²) < 4.78 is 5.22. The van der Waals surface area contributed by atoms with E-state index in [0.717, 1.165) is 18.4 Å². The molecule has 2 N–H and O–H groups in total. The zero-order chi connectivity index (χ0) is 19.6. The first kappa shape index (κ1) is 20.5. The molecule has 0 radical (unpaired) electrons. The molecule has 27 heavy (non-hydrogen) atoms. The van der Waals surface area contributed by atoms with Gasteiger partial charge in [-0.15, -0.1) is 0 Å². The predicted molar refractivity (Wildman–Crippen MR) is 108 cm³/mol. The Bertz CT molecular complexity index is 816. The van der Waals surface area contributed by atoms with E-state index in [0.29, 0.717) is 22.9 Å². The van der Waals surface area contributed by atoms with Gasteiger partial charge in [-0.05, 0) is 42.3 Å². The van der Waals surface area contributed by atoms with Crippen molar-refractivity contribution in [2.45, 2.75) is 19.8 Å². The Labute approximate surface area is 164 Å². The molecule has 0 aromatic heterocycles. The summed E-state index contributed by atoms with van der Waals surface area (Å²) >= 11 is 5.91. The summed E-state index contributed by atoms with van der Waals surface area (Å²) in [5, 5.41) is 6.11. The molecule has 0 saturated carbocycles. The SMILES string of the molecule is CCCCNC(=O)C(=Cc1ccc(Cl)cc1)NC(=O)c1ccccc1OC. The van der Waals surface area contributed by atoms with Crippen LogP contribution in [0.3, 0.4) is 0 Å². The van der Waals surface area contributed by atoms with Gasteiger partial charge in [0.15, 0.2) is 0 Å². The molecule has 0 heterocycles. The Morgan fingerprint density at radius 1 is 1.11 bits per heavy atom. The maximum absolute atomic E-state index is 12.7. The Morgan fingerprint density at radius 2 is 1.81 bits per heavy atom. The van der Waals surface area contributed by atoms with Gasteiger partial charge in [0.1, 0.15) is 11.4 Å². The molecule has 0 unspecified atom stereocenters. The lowest BCUT2D eigenvalue weighted by Gasteiger charge is -2.12. The van der Waals surface area contributed by atoms with E-state index >= 15 is 0 Å². The van der Waals surface area contributed by atoms with Crippen molar-refractivity contribution in [3.8, 4) is 5.75 Å². The number of para-hydroxylation sites is 1. The van der Waals surface area contributed by atoms with Crippen molar-refractivity contribution in [3.05, 3.63) is 70.4 Å². The summed E-state index contributed by atoms with van der Waals surface area (Å²) in [6.45, 7) is 2.58. The predicted octanol–water partition coefficient (Wildman–Crippen LogP) is 4.04. The summed E-state index contributed by atoms with van der Waals surface area (Å²) in [6.07, 6.45) is 3.44. The largest absolute Gasteiger partial charge is 0.496 e. The minimum Gasteiger partial charge on any atom is -0.496 e. The fraction of sp³-hybridized carbons (Fsp3) is 0.238. The van der Waals surface area contributed by atoms with Gasteiger partial charge in [-0.2, -0.15) is 0 Å². The van der Waals surface area contributed by atoms with E-state index in [2.05, 4.69) is 10.6 Å². The van der Waals surface area contributed by atoms with E-state index in [4.69, 9.17) is 16.3 Å². The molecule has 0 aliphatic heterocycles. The number of ether oxygens (including phenoxy) is 1. The highest BCUT2D eigenvalue weighted by Gasteiger charge is 2.17.